The van der Waals surface area contributed by atoms with Gasteiger partial charge in [0.05, 0.1) is 19.0 Å². The van der Waals surface area contributed by atoms with Crippen LogP contribution in [0.25, 0.3) is 11.3 Å². The van der Waals surface area contributed by atoms with Crippen molar-refractivity contribution in [2.45, 2.75) is 26.3 Å². The summed E-state index contributed by atoms with van der Waals surface area (Å²) in [7, 11) is 1.18. The molecule has 10 heteroatoms. The van der Waals surface area contributed by atoms with Gasteiger partial charge in [-0.25, -0.2) is 13.6 Å². The minimum atomic E-state index is -0.858. The van der Waals surface area contributed by atoms with Crippen LogP contribution in [0.1, 0.15) is 36.8 Å². The molecule has 27 heavy (non-hydrogen) atoms. The molecule has 0 atom stereocenters. The van der Waals surface area contributed by atoms with Gasteiger partial charge in [0.1, 0.15) is 22.9 Å². The predicted molar refractivity (Wildman–Crippen MR) is 101 cm³/mol. The Kier molecular flexibility index (Phi) is 6.21. The van der Waals surface area contributed by atoms with Crippen LogP contribution in [0.5, 0.6) is 0 Å². The zero-order valence-electron chi connectivity index (χ0n) is 15.2. The molecule has 0 aliphatic heterocycles. The molecule has 0 unspecified atom stereocenters. The van der Waals surface area contributed by atoms with E-state index in [9.17, 15) is 13.6 Å². The van der Waals surface area contributed by atoms with Gasteiger partial charge < -0.3 is 10.1 Å². The molecule has 7 nitrogen and oxygen atoms in total. The third kappa shape index (κ3) is 5.30. The summed E-state index contributed by atoms with van der Waals surface area (Å²) >= 11 is 5.10. The largest absolute Gasteiger partial charge is 0.465 e. The summed E-state index contributed by atoms with van der Waals surface area (Å²) in [5, 5.41) is 13.8. The molecule has 3 N–H and O–H groups in total. The molecule has 1 aromatic carbocycles. The van der Waals surface area contributed by atoms with Gasteiger partial charge in [-0.1, -0.05) is 0 Å². The second kappa shape index (κ2) is 8.21. The molecule has 0 saturated heterocycles. The average molecular weight is 395 g/mol. The summed E-state index contributed by atoms with van der Waals surface area (Å²) in [4.78, 5) is 12.2. The lowest BCUT2D eigenvalue weighted by Gasteiger charge is -2.21. The number of nitrogens with one attached hydrogen (secondary N) is 3. The molecule has 0 aliphatic rings. The highest BCUT2D eigenvalue weighted by Gasteiger charge is 2.23. The van der Waals surface area contributed by atoms with Crippen molar-refractivity contribution in [1.29, 1.82) is 0 Å². The Hall–Kier alpha value is -2.88. The molecule has 0 fully saturated rings. The van der Waals surface area contributed by atoms with Crippen LogP contribution in [0.4, 0.5) is 8.78 Å². The van der Waals surface area contributed by atoms with E-state index in [1.54, 1.807) is 0 Å². The topological polar surface area (TPSA) is 91.4 Å². The molecular weight excluding hydrogens is 376 g/mol. The Labute approximate surface area is 160 Å². The number of H-pyrrole nitrogens is 1. The Morgan fingerprint density at radius 3 is 2.67 bits per heavy atom. The summed E-state index contributed by atoms with van der Waals surface area (Å²) in [6.45, 7) is 5.79. The molecule has 2 rings (SSSR count). The lowest BCUT2D eigenvalue weighted by Crippen LogP contribution is -2.44. The number of halogens is 2. The molecule has 0 saturated carbocycles. The van der Waals surface area contributed by atoms with Crippen LogP contribution in [0, 0.1) is 11.6 Å². The van der Waals surface area contributed by atoms with Crippen molar-refractivity contribution in [2.24, 2.45) is 5.10 Å². The van der Waals surface area contributed by atoms with Crippen molar-refractivity contribution in [1.82, 2.24) is 20.9 Å². The number of nitrogens with zero attached hydrogens (tertiary/aromatic N) is 2. The maximum atomic E-state index is 14.1. The first-order chi connectivity index (χ1) is 12.6. The maximum Gasteiger partial charge on any atom is 0.342 e. The van der Waals surface area contributed by atoms with E-state index < -0.39 is 17.6 Å². The Bertz CT molecular complexity index is 890. The summed E-state index contributed by atoms with van der Waals surface area (Å²) in [5.74, 6) is -2.35. The second-order valence-electron chi connectivity index (χ2n) is 6.55. The van der Waals surface area contributed by atoms with Crippen molar-refractivity contribution < 1.29 is 18.3 Å². The number of methoxy groups -OCH3 is 1. The number of ether oxygens (including phenoxy) is 1. The number of hydrogen-bond acceptors (Lipinski definition) is 5. The van der Waals surface area contributed by atoms with Crippen molar-refractivity contribution in [3.63, 3.8) is 0 Å². The number of benzene rings is 1. The van der Waals surface area contributed by atoms with Gasteiger partial charge in [0, 0.05) is 17.2 Å². The number of carbonyl (C=O) groups is 1. The number of rotatable bonds is 4. The lowest BCUT2D eigenvalue weighted by molar-refractivity contribution is 0.0601. The second-order valence-corrected chi connectivity index (χ2v) is 6.96. The minimum absolute atomic E-state index is 0.0174. The minimum Gasteiger partial charge on any atom is -0.465 e. The SMILES string of the molecule is COC(=O)c1c(-c2ccc(F)cc2F)n[nH]c1C=NNC(=S)NC(C)(C)C. The molecule has 2 aromatic rings. The third-order valence-corrected chi connectivity index (χ3v) is 3.41. The number of carbonyl (C=O) groups excluding carboxylic acids is 1. The summed E-state index contributed by atoms with van der Waals surface area (Å²) < 4.78 is 32.0. The van der Waals surface area contributed by atoms with Crippen LogP contribution in [0.3, 0.4) is 0 Å². The number of hydrazone groups is 1. The summed E-state index contributed by atoms with van der Waals surface area (Å²) in [6.07, 6.45) is 1.26. The van der Waals surface area contributed by atoms with Crippen LogP contribution in [0.2, 0.25) is 0 Å². The van der Waals surface area contributed by atoms with E-state index in [0.717, 1.165) is 6.07 Å². The van der Waals surface area contributed by atoms with Gasteiger partial charge >= 0.3 is 5.97 Å². The van der Waals surface area contributed by atoms with E-state index in [-0.39, 0.29) is 33.2 Å². The zero-order valence-corrected chi connectivity index (χ0v) is 16.0. The first kappa shape index (κ1) is 20.4. The molecule has 144 valence electrons. The smallest absolute Gasteiger partial charge is 0.342 e. The highest BCUT2D eigenvalue weighted by Crippen LogP contribution is 2.27. The number of thiocarbonyl (C=S) groups is 1. The summed E-state index contributed by atoms with van der Waals surface area (Å²) in [6, 6.07) is 2.96. The van der Waals surface area contributed by atoms with Gasteiger partial charge in [-0.05, 0) is 45.1 Å². The summed E-state index contributed by atoms with van der Waals surface area (Å²) in [5.41, 5.74) is 2.42. The van der Waals surface area contributed by atoms with E-state index in [4.69, 9.17) is 17.0 Å². The fourth-order valence-electron chi connectivity index (χ4n) is 2.16. The van der Waals surface area contributed by atoms with E-state index in [2.05, 4.69) is 26.0 Å². The van der Waals surface area contributed by atoms with Crippen molar-refractivity contribution in [3.8, 4) is 11.3 Å². The zero-order chi connectivity index (χ0) is 20.2. The van der Waals surface area contributed by atoms with E-state index in [1.807, 2.05) is 20.8 Å². The van der Waals surface area contributed by atoms with Gasteiger partial charge in [0.25, 0.3) is 0 Å². The van der Waals surface area contributed by atoms with Crippen LogP contribution in [0.15, 0.2) is 23.3 Å². The van der Waals surface area contributed by atoms with Crippen molar-refractivity contribution >= 4 is 29.5 Å². The highest BCUT2D eigenvalue weighted by molar-refractivity contribution is 7.80. The molecule has 0 radical (unpaired) electrons. The Balaban J connectivity index is 2.33. The van der Waals surface area contributed by atoms with Crippen LogP contribution in [-0.4, -0.2) is 40.1 Å². The Morgan fingerprint density at radius 1 is 1.37 bits per heavy atom. The lowest BCUT2D eigenvalue weighted by atomic mass is 10.1. The fourth-order valence-corrected chi connectivity index (χ4v) is 2.52. The van der Waals surface area contributed by atoms with Gasteiger partial charge in [-0.15, -0.1) is 0 Å². The Morgan fingerprint density at radius 2 is 2.07 bits per heavy atom. The van der Waals surface area contributed by atoms with Crippen molar-refractivity contribution in [3.05, 3.63) is 41.1 Å². The quantitative estimate of drug-likeness (QED) is 0.319. The van der Waals surface area contributed by atoms with Crippen LogP contribution < -0.4 is 10.7 Å². The third-order valence-electron chi connectivity index (χ3n) is 3.22. The number of hydrogen-bond donors (Lipinski definition) is 3. The van der Waals surface area contributed by atoms with Crippen molar-refractivity contribution in [2.75, 3.05) is 7.11 Å². The molecular formula is C17H19F2N5O2S. The molecule has 1 aromatic heterocycles. The van der Waals surface area contributed by atoms with E-state index in [1.165, 1.54) is 19.4 Å². The average Bonchev–Trinajstić information content (AvgIpc) is 2.96. The first-order valence-corrected chi connectivity index (χ1v) is 8.26. The standard InChI is InChI=1S/C17H19F2N5O2S/c1-17(2,3)21-16(27)24-20-8-12-13(15(25)26-4)14(23-22-12)10-6-5-9(18)7-11(10)19/h5-8H,1-4H3,(H,22,23)(H2,21,24,27). The van der Waals surface area contributed by atoms with Gasteiger partial charge in [0.15, 0.2) is 5.11 Å². The number of aromatic nitrogens is 2. The monoisotopic (exact) mass is 395 g/mol. The number of aromatic amines is 1. The molecule has 0 amide bonds. The molecule has 0 bridgehead atoms. The van der Waals surface area contributed by atoms with E-state index >= 15 is 0 Å². The van der Waals surface area contributed by atoms with E-state index in [0.29, 0.717) is 6.07 Å². The first-order valence-electron chi connectivity index (χ1n) is 7.85. The van der Waals surface area contributed by atoms with Crippen LogP contribution >= 0.6 is 12.2 Å². The molecule has 1 heterocycles. The predicted octanol–water partition coefficient (Wildman–Crippen LogP) is 2.74. The molecule has 0 aliphatic carbocycles. The normalized spacial score (nSPS) is 11.5. The number of esters is 1. The van der Waals surface area contributed by atoms with Gasteiger partial charge in [-0.2, -0.15) is 10.2 Å². The maximum absolute atomic E-state index is 14.1. The highest BCUT2D eigenvalue weighted by atomic mass is 32.1. The van der Waals surface area contributed by atoms with Gasteiger partial charge in [0.2, 0.25) is 0 Å². The molecule has 0 spiro atoms. The van der Waals surface area contributed by atoms with Crippen LogP contribution in [-0.2, 0) is 4.74 Å². The fraction of sp³-hybridized carbons (Fsp3) is 0.294. The van der Waals surface area contributed by atoms with Gasteiger partial charge in [-0.3, -0.25) is 10.5 Å².